The molecule has 0 aliphatic rings. The Morgan fingerprint density at radius 1 is 0.483 bits per heavy atom. The van der Waals surface area contributed by atoms with Gasteiger partial charge < -0.3 is 13.9 Å². The Labute approximate surface area is 581 Å². The van der Waals surface area contributed by atoms with Crippen LogP contribution in [0.5, 0.6) is 11.5 Å². The van der Waals surface area contributed by atoms with Crippen molar-refractivity contribution in [2.45, 2.75) is 26.2 Å². The van der Waals surface area contributed by atoms with E-state index in [2.05, 4.69) is 39.2 Å². The number of fused-ring (bicyclic) bond motifs is 4. The number of hydrogen-bond donors (Lipinski definition) is 0. The van der Waals surface area contributed by atoms with Crippen molar-refractivity contribution in [3.8, 4) is 73.2 Å². The van der Waals surface area contributed by atoms with Crippen LogP contribution in [0.25, 0.3) is 94.5 Å². The molecule has 0 atom stereocenters. The summed E-state index contributed by atoms with van der Waals surface area (Å²) in [6.07, 6.45) is 4.96. The number of imidazole rings is 1. The third-order valence-corrected chi connectivity index (χ3v) is 19.1. The van der Waals surface area contributed by atoms with Gasteiger partial charge in [-0.2, -0.15) is 18.2 Å². The molecule has 430 valence electrons. The summed E-state index contributed by atoms with van der Waals surface area (Å²) in [6.45, 7) is 6.20. The van der Waals surface area contributed by atoms with E-state index in [-0.39, 0.29) is 65.8 Å². The third kappa shape index (κ3) is 10.4. The Morgan fingerprint density at radius 3 is 1.64 bits per heavy atom. The van der Waals surface area contributed by atoms with Gasteiger partial charge in [-0.3, -0.25) is 4.57 Å². The van der Waals surface area contributed by atoms with Gasteiger partial charge in [0.2, 0.25) is 0 Å². The minimum absolute atomic E-state index is 0. The first-order valence-electron chi connectivity index (χ1n) is 43.8. The second kappa shape index (κ2) is 23.8. The number of para-hydroxylation sites is 2. The van der Waals surface area contributed by atoms with Crippen LogP contribution in [0.4, 0.5) is 0 Å². The van der Waals surface area contributed by atoms with Crippen LogP contribution in [0, 0.1) is 18.5 Å². The molecule has 5 nitrogen and oxygen atoms in total. The van der Waals surface area contributed by atoms with E-state index in [0.29, 0.717) is 11.3 Å². The largest absolute Gasteiger partial charge is 0.510 e. The minimum Gasteiger partial charge on any atom is -0.510 e. The first-order valence-corrected chi connectivity index (χ1v) is 29.3. The number of benzene rings is 12. The van der Waals surface area contributed by atoms with Crippen LogP contribution in [-0.2, 0) is 26.5 Å². The van der Waals surface area contributed by atoms with Gasteiger partial charge in [0, 0.05) is 44.3 Å². The molecule has 0 spiro atoms. The third-order valence-electron chi connectivity index (χ3n) is 14.9. The van der Waals surface area contributed by atoms with E-state index in [0.717, 1.165) is 44.6 Å². The van der Waals surface area contributed by atoms with E-state index in [1.54, 1.807) is 12.3 Å². The van der Waals surface area contributed by atoms with E-state index in [1.165, 1.54) is 41.0 Å². The van der Waals surface area contributed by atoms with Gasteiger partial charge >= 0.3 is 0 Å². The number of pyridine rings is 1. The molecule has 0 unspecified atom stereocenters. The van der Waals surface area contributed by atoms with Gasteiger partial charge in [0.1, 0.15) is 5.82 Å². The maximum atomic E-state index is 10.7. The molecule has 7 heteroatoms. The van der Waals surface area contributed by atoms with Crippen LogP contribution < -0.4 is 30.1 Å². The number of aromatic nitrogens is 4. The van der Waals surface area contributed by atoms with Crippen molar-refractivity contribution in [3.05, 3.63) is 333 Å². The Hall–Kier alpha value is -10.2. The van der Waals surface area contributed by atoms with Gasteiger partial charge in [0.25, 0.3) is 6.33 Å². The molecule has 15 aromatic rings. The van der Waals surface area contributed by atoms with Crippen LogP contribution >= 0.6 is 0 Å². The summed E-state index contributed by atoms with van der Waals surface area (Å²) in [5, 5.41) is -2.34. The molecule has 3 heterocycles. The van der Waals surface area contributed by atoms with Gasteiger partial charge in [0.05, 0.1) is 62.0 Å². The fourth-order valence-electron chi connectivity index (χ4n) is 10.9. The van der Waals surface area contributed by atoms with Crippen molar-refractivity contribution in [1.29, 1.82) is 0 Å². The Balaban J connectivity index is 0.0000121. The van der Waals surface area contributed by atoms with Gasteiger partial charge in [-0.1, -0.05) is 256 Å². The summed E-state index contributed by atoms with van der Waals surface area (Å²) < 4.78 is 324. The van der Waals surface area contributed by atoms with Crippen LogP contribution in [-0.4, -0.2) is 22.2 Å². The Morgan fingerprint density at radius 2 is 1.03 bits per heavy atom. The predicted molar refractivity (Wildman–Crippen MR) is 364 cm³/mol. The maximum absolute atomic E-state index is 10.7. The summed E-state index contributed by atoms with van der Waals surface area (Å²) in [7, 11) is -6.58. The van der Waals surface area contributed by atoms with Crippen LogP contribution in [0.1, 0.15) is 71.6 Å². The van der Waals surface area contributed by atoms with Crippen molar-refractivity contribution >= 4 is 61.7 Å². The maximum Gasteiger partial charge on any atom is 0.268 e. The van der Waals surface area contributed by atoms with Crippen molar-refractivity contribution in [1.82, 2.24) is 14.1 Å². The zero-order valence-corrected chi connectivity index (χ0v) is 50.2. The molecule has 0 amide bonds. The van der Waals surface area contributed by atoms with Crippen LogP contribution in [0.15, 0.2) is 309 Å². The average molecular weight is 1370 g/mol. The van der Waals surface area contributed by atoms with Gasteiger partial charge in [-0.25, -0.2) is 4.98 Å². The van der Waals surface area contributed by atoms with E-state index in [4.69, 9.17) is 26.2 Å². The molecule has 15 rings (SSSR count). The number of nitrogens with zero attached hydrogens (tertiary/aromatic N) is 4. The summed E-state index contributed by atoms with van der Waals surface area (Å²) in [4.78, 5) is 4.80. The van der Waals surface area contributed by atoms with Gasteiger partial charge in [-0.15, -0.1) is 29.7 Å². The number of rotatable bonds is 13. The molecular formula is C82H60N4OPtSi-2. The van der Waals surface area contributed by atoms with Crippen LogP contribution in [0.2, 0.25) is 0 Å². The average Bonchev–Trinajstić information content (AvgIpc) is 1.28. The first-order chi connectivity index (χ1) is 57.0. The number of hydrogen-bond acceptors (Lipinski definition) is 2. The summed E-state index contributed by atoms with van der Waals surface area (Å²) in [5.41, 5.74) is -5.23. The summed E-state index contributed by atoms with van der Waals surface area (Å²) in [5.74, 6) is 0.616. The standard InChI is InChI=1S/C82H60N4OSi.Pt/c1-82(2,3)65-48-49-83-80(54-65)86-75-42-23-22-40-73(75)74-46-45-68(56-77(74)86)87-67-33-24-32-66(55-67)84-57-85(76-47-44-61(53-78(76)84)58-26-10-4-11-27-58)81-72(64-51-62(59-28-12-5-13-29-59)50-63(52-64)60-30-14-6-15-31-60)41-25-43-79(81)88(69-34-16-7-17-35-69,70-36-18-8-19-37-70)71-38-20-9-21-39-71;/h4-54H,1-3H3;/q-2;/i4D,5D,6D,7D,8D,9D,10D,11D,12D,13D,14D,15D,16D,17D,18D,19D,20D,21D,26D,27D,28D,29D,30D,31D,34D,35D,36D,37D,38D,39D,50D,51D,52D;. The Kier molecular flexibility index (Phi) is 8.18. The molecule has 3 aromatic heterocycles. The monoisotopic (exact) mass is 1370 g/mol. The zero-order valence-electron chi connectivity index (χ0n) is 79.9. The molecule has 0 fully saturated rings. The smallest absolute Gasteiger partial charge is 0.268 e. The second-order valence-electron chi connectivity index (χ2n) is 21.0. The van der Waals surface area contributed by atoms with E-state index in [9.17, 15) is 28.8 Å². The number of ether oxygens (including phenoxy) is 1. The quantitative estimate of drug-likeness (QED) is 0.0499. The molecule has 0 N–H and O–H groups in total. The molecule has 0 saturated carbocycles. The van der Waals surface area contributed by atoms with Crippen molar-refractivity contribution in [3.63, 3.8) is 0 Å². The minimum atomic E-state index is -6.58. The molecule has 0 aliphatic carbocycles. The molecular weight excluding hydrogens is 1280 g/mol. The SMILES string of the molecule is [2H]c1c([2H])c([2H])c(-c2ccc3c(c2)n(-c2[c-]c(Oc4[c-]c5c(cc4)c4ccccc4n5-c4cc(C(C)(C)C)ccn4)ccc2)[c-][n+]3-c2c(-c3c([2H])c(-c4c([2H])c([2H])c([2H])c([2H])c4[2H])c([2H])c(-c4c([2H])c([2H])c([2H])c([2H])c4[2H])c3[2H])cccc2[Si](c2c([2H])c([2H])c([2H])c([2H])c2[2H])(c2c([2H])c([2H])c([2H])c([2H])c2[2H])c2c([2H])c([2H])c([2H])c([2H])c2[2H])c([2H])c1[2H].[Pt]. The fraction of sp³-hybridized carbons (Fsp3) is 0.0488. The van der Waals surface area contributed by atoms with Crippen molar-refractivity contribution in [2.75, 3.05) is 0 Å². The molecule has 89 heavy (non-hydrogen) atoms. The fourth-order valence-corrected chi connectivity index (χ4v) is 14.9. The van der Waals surface area contributed by atoms with Crippen molar-refractivity contribution in [2.24, 2.45) is 0 Å². The molecule has 0 saturated heterocycles. The van der Waals surface area contributed by atoms with Gasteiger partial charge in [0.15, 0.2) is 8.07 Å². The second-order valence-corrected chi connectivity index (χ2v) is 24.6. The molecule has 12 aromatic carbocycles. The normalized spacial score (nSPS) is 16.9. The predicted octanol–water partition coefficient (Wildman–Crippen LogP) is 16.9. The summed E-state index contributed by atoms with van der Waals surface area (Å²) in [6, 6.07) is -2.31. The van der Waals surface area contributed by atoms with Gasteiger partial charge in [-0.05, 0) is 130 Å². The Bertz CT molecular complexity index is 6690. The molecule has 0 bridgehead atoms. The van der Waals surface area contributed by atoms with E-state index >= 15 is 0 Å². The van der Waals surface area contributed by atoms with E-state index in [1.807, 2.05) is 47.0 Å². The van der Waals surface area contributed by atoms with Crippen LogP contribution in [0.3, 0.4) is 0 Å². The van der Waals surface area contributed by atoms with E-state index < -0.39 is 267 Å². The molecule has 0 radical (unpaired) electrons. The topological polar surface area (TPSA) is 35.9 Å². The summed E-state index contributed by atoms with van der Waals surface area (Å²) >= 11 is 0. The first kappa shape index (κ1) is 30.6. The van der Waals surface area contributed by atoms with Crippen molar-refractivity contribution < 1.29 is 75.6 Å². The zero-order chi connectivity index (χ0) is 87.9. The molecule has 0 aliphatic heterocycles.